The van der Waals surface area contributed by atoms with Gasteiger partial charge in [0, 0.05) is 33.0 Å². The number of fused-ring (bicyclic) bond motifs is 8. The van der Waals surface area contributed by atoms with Gasteiger partial charge in [-0.3, -0.25) is 0 Å². The molecule has 0 fully saturated rings. The smallest absolute Gasteiger partial charge is 0.243 e. The van der Waals surface area contributed by atoms with E-state index in [0.29, 0.717) is 0 Å². The van der Waals surface area contributed by atoms with Gasteiger partial charge in [0.15, 0.2) is 0 Å². The van der Waals surface area contributed by atoms with Crippen molar-refractivity contribution in [2.45, 2.75) is 33.2 Å². The quantitative estimate of drug-likeness (QED) is 0.145. The van der Waals surface area contributed by atoms with E-state index in [1.165, 1.54) is 110 Å². The van der Waals surface area contributed by atoms with Crippen molar-refractivity contribution in [1.82, 2.24) is 4.57 Å². The van der Waals surface area contributed by atoms with E-state index in [1.807, 2.05) is 0 Å². The number of nitrogens with zero attached hydrogens (tertiary/aromatic N) is 2. The Morgan fingerprint density at radius 3 is 1.70 bits per heavy atom. The summed E-state index contributed by atoms with van der Waals surface area (Å²) in [5.41, 5.74) is 22.9. The molecule has 0 bridgehead atoms. The molecule has 1 atom stereocenters. The Kier molecular flexibility index (Phi) is 9.79. The summed E-state index contributed by atoms with van der Waals surface area (Å²) in [7, 11) is 0. The first-order valence-corrected chi connectivity index (χ1v) is 23.3. The molecule has 0 amide bonds. The summed E-state index contributed by atoms with van der Waals surface area (Å²) in [5.74, 6) is 0. The minimum atomic E-state index is 0.0946. The largest absolute Gasteiger partial charge is 0.334 e. The van der Waals surface area contributed by atoms with Crippen LogP contribution in [0.1, 0.15) is 23.1 Å². The van der Waals surface area contributed by atoms with Crippen molar-refractivity contribution in [1.29, 1.82) is 0 Å². The zero-order chi connectivity index (χ0) is 44.3. The molecule has 1 aliphatic carbocycles. The van der Waals surface area contributed by atoms with Crippen LogP contribution in [0, 0.1) is 20.8 Å². The number of aromatic nitrogens is 1. The van der Waals surface area contributed by atoms with Crippen molar-refractivity contribution in [3.63, 3.8) is 0 Å². The van der Waals surface area contributed by atoms with Gasteiger partial charge in [-0.1, -0.05) is 209 Å². The summed E-state index contributed by atoms with van der Waals surface area (Å²) in [6.45, 7) is 6.89. The molecule has 2 heterocycles. The zero-order valence-corrected chi connectivity index (χ0v) is 37.6. The highest BCUT2D eigenvalue weighted by Crippen LogP contribution is 2.38. The van der Waals surface area contributed by atoms with Gasteiger partial charge >= 0.3 is 0 Å². The summed E-state index contributed by atoms with van der Waals surface area (Å²) in [5, 5.41) is 3.82. The standard InChI is InChI=1S/C63H49BN2/c1-42-38-43(2)63(44(3)39-42)64-59-24-14-12-22-55(59)53-20-10-11-21-54(53)57-40-48(30-36-60(57)64)47-28-33-51(34-29-47)65(50-31-26-46(27-32-50)45-16-6-4-7-17-45)52-35-37-62-58(41-52)56-23-13-15-25-61(56)66(62)49-18-8-5-9-19-49/h4-34,36-41,52H,35H2,1-3H3. The highest BCUT2D eigenvalue weighted by atomic mass is 15.2. The Hall–Kier alpha value is -7.88. The van der Waals surface area contributed by atoms with Crippen LogP contribution in [0.3, 0.4) is 0 Å². The average molecular weight is 845 g/mol. The van der Waals surface area contributed by atoms with E-state index in [-0.39, 0.29) is 12.8 Å². The van der Waals surface area contributed by atoms with Gasteiger partial charge in [-0.15, -0.1) is 0 Å². The van der Waals surface area contributed by atoms with Crippen LogP contribution in [0.15, 0.2) is 212 Å². The third-order valence-electron chi connectivity index (χ3n) is 14.1. The number of rotatable bonds is 7. The molecule has 12 rings (SSSR count). The topological polar surface area (TPSA) is 8.17 Å². The van der Waals surface area contributed by atoms with Crippen molar-refractivity contribution < 1.29 is 0 Å². The van der Waals surface area contributed by atoms with Crippen LogP contribution in [0.4, 0.5) is 11.4 Å². The van der Waals surface area contributed by atoms with E-state index >= 15 is 0 Å². The Balaban J connectivity index is 0.980. The molecule has 2 aliphatic rings. The van der Waals surface area contributed by atoms with E-state index in [0.717, 1.165) is 12.1 Å². The Morgan fingerprint density at radius 1 is 0.470 bits per heavy atom. The monoisotopic (exact) mass is 844 g/mol. The summed E-state index contributed by atoms with van der Waals surface area (Å²) in [6.07, 6.45) is 5.82. The first kappa shape index (κ1) is 39.7. The van der Waals surface area contributed by atoms with Crippen LogP contribution < -0.4 is 31.9 Å². The molecular weight excluding hydrogens is 796 g/mol. The second-order valence-electron chi connectivity index (χ2n) is 18.2. The van der Waals surface area contributed by atoms with Gasteiger partial charge in [0.05, 0.1) is 11.6 Å². The molecule has 3 heteroatoms. The maximum atomic E-state index is 2.54. The fraction of sp³-hybridized carbons (Fsp3) is 0.0794. The average Bonchev–Trinajstić information content (AvgIpc) is 3.64. The number of aryl methyl sites for hydroxylation is 3. The van der Waals surface area contributed by atoms with Crippen LogP contribution in [-0.2, 0) is 0 Å². The molecule has 2 nitrogen and oxygen atoms in total. The number of para-hydroxylation sites is 2. The number of hydrogen-bond acceptors (Lipinski definition) is 1. The predicted molar refractivity (Wildman–Crippen MR) is 282 cm³/mol. The van der Waals surface area contributed by atoms with E-state index in [4.69, 9.17) is 0 Å². The molecule has 0 N–H and O–H groups in total. The molecule has 1 aromatic heterocycles. The molecule has 10 aromatic rings. The van der Waals surface area contributed by atoms with Gasteiger partial charge in [-0.05, 0) is 120 Å². The highest BCUT2D eigenvalue weighted by molar-refractivity contribution is 6.98. The molecule has 0 radical (unpaired) electrons. The van der Waals surface area contributed by atoms with Crippen molar-refractivity contribution in [3.05, 3.63) is 240 Å². The van der Waals surface area contributed by atoms with Gasteiger partial charge < -0.3 is 9.47 Å². The Bertz CT molecular complexity index is 3560. The minimum absolute atomic E-state index is 0.0946. The summed E-state index contributed by atoms with van der Waals surface area (Å²) < 4.78 is 2.42. The van der Waals surface area contributed by atoms with Gasteiger partial charge in [0.1, 0.15) is 0 Å². The molecule has 314 valence electrons. The molecule has 1 unspecified atom stereocenters. The van der Waals surface area contributed by atoms with Crippen molar-refractivity contribution >= 4 is 57.5 Å². The van der Waals surface area contributed by atoms with E-state index in [9.17, 15) is 0 Å². The van der Waals surface area contributed by atoms with Gasteiger partial charge in [-0.2, -0.15) is 0 Å². The van der Waals surface area contributed by atoms with Crippen LogP contribution in [-0.4, -0.2) is 17.3 Å². The molecular formula is C63H49BN2. The summed E-state index contributed by atoms with van der Waals surface area (Å²) >= 11 is 0. The number of hydrogen-bond donors (Lipinski definition) is 0. The Morgan fingerprint density at radius 2 is 1.00 bits per heavy atom. The van der Waals surface area contributed by atoms with Crippen molar-refractivity contribution in [2.75, 3.05) is 4.90 Å². The number of anilines is 2. The lowest BCUT2D eigenvalue weighted by molar-refractivity contribution is 0.832. The summed E-state index contributed by atoms with van der Waals surface area (Å²) in [4.78, 5) is 2.54. The minimum Gasteiger partial charge on any atom is -0.334 e. The first-order valence-electron chi connectivity index (χ1n) is 23.3. The second-order valence-corrected chi connectivity index (χ2v) is 18.2. The van der Waals surface area contributed by atoms with Crippen LogP contribution in [0.2, 0.25) is 0 Å². The highest BCUT2D eigenvalue weighted by Gasteiger charge is 2.33. The lowest BCUT2D eigenvalue weighted by Crippen LogP contribution is -2.54. The normalized spacial score (nSPS) is 13.7. The fourth-order valence-corrected chi connectivity index (χ4v) is 11.3. The fourth-order valence-electron chi connectivity index (χ4n) is 11.3. The zero-order valence-electron chi connectivity index (χ0n) is 37.6. The molecule has 9 aromatic carbocycles. The maximum Gasteiger partial charge on any atom is 0.243 e. The van der Waals surface area contributed by atoms with Crippen LogP contribution >= 0.6 is 0 Å². The lowest BCUT2D eigenvalue weighted by Gasteiger charge is -2.33. The molecule has 0 saturated carbocycles. The molecule has 66 heavy (non-hydrogen) atoms. The molecule has 0 saturated heterocycles. The van der Waals surface area contributed by atoms with E-state index in [2.05, 4.69) is 255 Å². The lowest BCUT2D eigenvalue weighted by atomic mass is 9.34. The number of benzene rings is 9. The van der Waals surface area contributed by atoms with Crippen LogP contribution in [0.25, 0.3) is 73.2 Å². The van der Waals surface area contributed by atoms with E-state index < -0.39 is 0 Å². The van der Waals surface area contributed by atoms with E-state index in [1.54, 1.807) is 0 Å². The maximum absolute atomic E-state index is 2.54. The predicted octanol–water partition coefficient (Wildman–Crippen LogP) is 12.2. The van der Waals surface area contributed by atoms with Gasteiger partial charge in [0.2, 0.25) is 6.71 Å². The van der Waals surface area contributed by atoms with Gasteiger partial charge in [0.25, 0.3) is 0 Å². The molecule has 1 aliphatic heterocycles. The van der Waals surface area contributed by atoms with Crippen LogP contribution in [0.5, 0.6) is 0 Å². The SMILES string of the molecule is Cc1cc(C)c(B2c3ccccc3-c3ccccc3-c3cc(-c4ccc(N(c5ccc(-c6ccccc6)cc5)C5C=c6c(n(-c7ccccc7)c7ccccc67)=CC5)cc4)ccc32)c(C)c1. The molecule has 0 spiro atoms. The van der Waals surface area contributed by atoms with Gasteiger partial charge in [-0.25, -0.2) is 0 Å². The third kappa shape index (κ3) is 6.74. The second kappa shape index (κ2) is 16.3. The summed E-state index contributed by atoms with van der Waals surface area (Å²) in [6, 6.07) is 78.8. The third-order valence-corrected chi connectivity index (χ3v) is 14.1. The Labute approximate surface area is 388 Å². The first-order chi connectivity index (χ1) is 32.5. The van der Waals surface area contributed by atoms with Crippen molar-refractivity contribution in [3.8, 4) is 50.2 Å². The van der Waals surface area contributed by atoms with Crippen molar-refractivity contribution in [2.24, 2.45) is 0 Å².